The summed E-state index contributed by atoms with van der Waals surface area (Å²) in [5, 5.41) is 0. The van der Waals surface area contributed by atoms with Crippen molar-refractivity contribution >= 4 is 17.7 Å². The number of rotatable bonds is 5. The minimum Gasteiger partial charge on any atom is -0.337 e. The fourth-order valence-corrected chi connectivity index (χ4v) is 5.52. The Hall–Kier alpha value is -2.51. The third-order valence-electron chi connectivity index (χ3n) is 7.77. The molecule has 0 aromatic heterocycles. The van der Waals surface area contributed by atoms with Crippen molar-refractivity contribution in [3.63, 3.8) is 0 Å². The quantitative estimate of drug-likeness (QED) is 0.674. The number of likely N-dealkylation sites (tertiary alicyclic amines) is 1. The molecular formula is C25H33F2N3O3. The van der Waals surface area contributed by atoms with E-state index in [9.17, 15) is 23.2 Å². The summed E-state index contributed by atoms with van der Waals surface area (Å²) in [5.74, 6) is -2.63. The van der Waals surface area contributed by atoms with E-state index in [4.69, 9.17) is 0 Å². The lowest BCUT2D eigenvalue weighted by molar-refractivity contribution is -0.185. The molecule has 2 heterocycles. The van der Waals surface area contributed by atoms with Crippen molar-refractivity contribution in [2.45, 2.75) is 76.9 Å². The van der Waals surface area contributed by atoms with E-state index in [-0.39, 0.29) is 55.5 Å². The van der Waals surface area contributed by atoms with Gasteiger partial charge in [0, 0.05) is 32.0 Å². The maximum absolute atomic E-state index is 13.8. The highest BCUT2D eigenvalue weighted by Gasteiger charge is 2.61. The summed E-state index contributed by atoms with van der Waals surface area (Å²) in [4.78, 5) is 43.9. The molecule has 2 saturated heterocycles. The molecule has 0 unspecified atom stereocenters. The van der Waals surface area contributed by atoms with Crippen molar-refractivity contribution in [2.75, 3.05) is 19.6 Å². The summed E-state index contributed by atoms with van der Waals surface area (Å²) in [6.07, 6.45) is 5.05. The number of hydrogen-bond donors (Lipinski definition) is 0. The topological polar surface area (TPSA) is 60.9 Å². The molecule has 4 rings (SSSR count). The molecule has 180 valence electrons. The average Bonchev–Trinajstić information content (AvgIpc) is 2.74. The summed E-state index contributed by atoms with van der Waals surface area (Å²) in [6.45, 7) is 5.04. The zero-order valence-corrected chi connectivity index (χ0v) is 19.7. The van der Waals surface area contributed by atoms with Crippen LogP contribution in [0, 0.1) is 5.92 Å². The van der Waals surface area contributed by atoms with Crippen LogP contribution < -0.4 is 0 Å². The molecule has 0 atom stereocenters. The van der Waals surface area contributed by atoms with Crippen LogP contribution in [0.1, 0.15) is 64.0 Å². The van der Waals surface area contributed by atoms with E-state index in [1.807, 2.05) is 0 Å². The molecule has 3 fully saturated rings. The molecule has 6 nitrogen and oxygen atoms in total. The van der Waals surface area contributed by atoms with Crippen LogP contribution in [0.4, 0.5) is 8.78 Å². The van der Waals surface area contributed by atoms with Crippen LogP contribution in [0.15, 0.2) is 24.3 Å². The third kappa shape index (κ3) is 4.36. The molecule has 33 heavy (non-hydrogen) atoms. The van der Waals surface area contributed by atoms with E-state index >= 15 is 0 Å². The average molecular weight is 462 g/mol. The first-order valence-corrected chi connectivity index (χ1v) is 11.9. The zero-order valence-electron chi connectivity index (χ0n) is 19.7. The summed E-state index contributed by atoms with van der Waals surface area (Å²) in [6, 6.07) is 5.94. The van der Waals surface area contributed by atoms with Crippen molar-refractivity contribution in [2.24, 2.45) is 5.92 Å². The van der Waals surface area contributed by atoms with Crippen molar-refractivity contribution in [1.29, 1.82) is 0 Å². The second kappa shape index (κ2) is 8.69. The van der Waals surface area contributed by atoms with Gasteiger partial charge in [-0.2, -0.15) is 0 Å². The maximum Gasteiger partial charge on any atom is 0.270 e. The van der Waals surface area contributed by atoms with Gasteiger partial charge in [-0.3, -0.25) is 14.4 Å². The van der Waals surface area contributed by atoms with Crippen molar-refractivity contribution < 1.29 is 23.2 Å². The lowest BCUT2D eigenvalue weighted by Gasteiger charge is -2.59. The molecule has 3 aliphatic rings. The number of carbonyl (C=O) groups is 3. The van der Waals surface area contributed by atoms with Crippen molar-refractivity contribution in [3.05, 3.63) is 35.4 Å². The summed E-state index contributed by atoms with van der Waals surface area (Å²) < 4.78 is 27.2. The second-order valence-electron chi connectivity index (χ2n) is 9.99. The Labute approximate surface area is 193 Å². The van der Waals surface area contributed by atoms with E-state index < -0.39 is 11.5 Å². The molecule has 0 bridgehead atoms. The fraction of sp³-hybridized carbons (Fsp3) is 0.640. The van der Waals surface area contributed by atoms with E-state index in [2.05, 4.69) is 6.92 Å². The molecule has 1 saturated carbocycles. The molecule has 1 aromatic rings. The normalized spacial score (nSPS) is 25.4. The Bertz CT molecular complexity index is 914. The smallest absolute Gasteiger partial charge is 0.270 e. The summed E-state index contributed by atoms with van der Waals surface area (Å²) >= 11 is 0. The zero-order chi connectivity index (χ0) is 24.0. The number of carbonyl (C=O) groups excluding carboxylic acids is 3. The van der Waals surface area contributed by atoms with Crippen LogP contribution in [0.2, 0.25) is 0 Å². The molecule has 2 aliphatic heterocycles. The SMILES string of the molecule is CCC1CCC(N2CC(=O)N(Cc3ccc(C(C)(F)F)cc3)C3(CN(C(C)=O)C3)C2=O)CC1. The van der Waals surface area contributed by atoms with Gasteiger partial charge in [-0.25, -0.2) is 8.78 Å². The lowest BCUT2D eigenvalue weighted by atomic mass is 9.79. The Morgan fingerprint density at radius 1 is 1.09 bits per heavy atom. The Kier molecular flexibility index (Phi) is 6.22. The first-order chi connectivity index (χ1) is 15.5. The largest absolute Gasteiger partial charge is 0.337 e. The van der Waals surface area contributed by atoms with Crippen LogP contribution in [-0.2, 0) is 26.9 Å². The standard InChI is InChI=1S/C25H33F2N3O3/c1-4-18-7-11-21(12-8-18)29-14-22(32)30(25(23(29)33)15-28(16-25)17(2)31)13-19-5-9-20(10-6-19)24(3,26)27/h5-6,9-10,18,21H,4,7-8,11-16H2,1-3H3. The van der Waals surface area contributed by atoms with Crippen LogP contribution in [0.25, 0.3) is 0 Å². The van der Waals surface area contributed by atoms with Gasteiger partial charge in [0.05, 0.1) is 13.1 Å². The van der Waals surface area contributed by atoms with Gasteiger partial charge in [0.2, 0.25) is 11.8 Å². The van der Waals surface area contributed by atoms with E-state index in [0.29, 0.717) is 11.5 Å². The minimum atomic E-state index is -2.94. The highest BCUT2D eigenvalue weighted by molar-refractivity contribution is 6.00. The van der Waals surface area contributed by atoms with Gasteiger partial charge in [-0.1, -0.05) is 37.6 Å². The fourth-order valence-electron chi connectivity index (χ4n) is 5.52. The van der Waals surface area contributed by atoms with Gasteiger partial charge in [-0.05, 0) is 37.2 Å². The molecule has 3 amide bonds. The predicted octanol–water partition coefficient (Wildman–Crippen LogP) is 3.54. The first kappa shape index (κ1) is 23.6. The molecule has 1 spiro atoms. The van der Waals surface area contributed by atoms with Gasteiger partial charge >= 0.3 is 0 Å². The summed E-state index contributed by atoms with van der Waals surface area (Å²) in [7, 11) is 0. The highest BCUT2D eigenvalue weighted by Crippen LogP contribution is 2.39. The van der Waals surface area contributed by atoms with Crippen LogP contribution in [0.3, 0.4) is 0 Å². The van der Waals surface area contributed by atoms with Gasteiger partial charge in [0.1, 0.15) is 6.54 Å². The lowest BCUT2D eigenvalue weighted by Crippen LogP contribution is -2.81. The van der Waals surface area contributed by atoms with Crippen LogP contribution in [-0.4, -0.2) is 63.6 Å². The van der Waals surface area contributed by atoms with Crippen LogP contribution in [0.5, 0.6) is 0 Å². The van der Waals surface area contributed by atoms with Crippen molar-refractivity contribution in [1.82, 2.24) is 14.7 Å². The third-order valence-corrected chi connectivity index (χ3v) is 7.77. The van der Waals surface area contributed by atoms with Crippen LogP contribution >= 0.6 is 0 Å². The molecule has 0 radical (unpaired) electrons. The van der Waals surface area contributed by atoms with E-state index in [0.717, 1.165) is 39.0 Å². The van der Waals surface area contributed by atoms with E-state index in [1.165, 1.54) is 19.1 Å². The first-order valence-electron chi connectivity index (χ1n) is 11.9. The van der Waals surface area contributed by atoms with Crippen molar-refractivity contribution in [3.8, 4) is 0 Å². The maximum atomic E-state index is 13.8. The molecule has 1 aromatic carbocycles. The highest BCUT2D eigenvalue weighted by atomic mass is 19.3. The molecular weight excluding hydrogens is 428 g/mol. The number of alkyl halides is 2. The molecule has 1 aliphatic carbocycles. The number of halogens is 2. The Morgan fingerprint density at radius 2 is 1.70 bits per heavy atom. The van der Waals surface area contributed by atoms with Gasteiger partial charge < -0.3 is 14.7 Å². The number of benzene rings is 1. The Balaban J connectivity index is 1.56. The molecule has 8 heteroatoms. The number of nitrogens with zero attached hydrogens (tertiary/aromatic N) is 3. The second-order valence-corrected chi connectivity index (χ2v) is 9.99. The number of hydrogen-bond acceptors (Lipinski definition) is 3. The predicted molar refractivity (Wildman–Crippen MR) is 119 cm³/mol. The van der Waals surface area contributed by atoms with E-state index in [1.54, 1.807) is 26.8 Å². The number of amides is 3. The summed E-state index contributed by atoms with van der Waals surface area (Å²) in [5.41, 5.74) is -0.486. The number of piperazine rings is 1. The van der Waals surface area contributed by atoms with Gasteiger partial charge in [0.25, 0.3) is 11.8 Å². The monoisotopic (exact) mass is 461 g/mol. The van der Waals surface area contributed by atoms with Gasteiger partial charge in [-0.15, -0.1) is 0 Å². The van der Waals surface area contributed by atoms with Gasteiger partial charge in [0.15, 0.2) is 5.54 Å². The minimum absolute atomic E-state index is 0.0349. The molecule has 0 N–H and O–H groups in total. The Morgan fingerprint density at radius 3 is 2.21 bits per heavy atom.